The minimum Gasteiger partial charge on any atom is -0.427 e. The second-order valence-electron chi connectivity index (χ2n) is 6.44. The second-order valence-corrected chi connectivity index (χ2v) is 6.44. The van der Waals surface area contributed by atoms with Crippen molar-refractivity contribution in [1.82, 2.24) is 0 Å². The molecule has 0 atom stereocenters. The van der Waals surface area contributed by atoms with Crippen molar-refractivity contribution in [3.8, 4) is 23.0 Å². The van der Waals surface area contributed by atoms with Gasteiger partial charge in [-0.2, -0.15) is 0 Å². The smallest absolute Gasteiger partial charge is 0.308 e. The van der Waals surface area contributed by atoms with E-state index in [0.717, 1.165) is 0 Å². The van der Waals surface area contributed by atoms with Crippen molar-refractivity contribution in [3.05, 3.63) is 53.6 Å². The first-order valence-electron chi connectivity index (χ1n) is 9.29. The number of carbonyl (C=O) groups excluding carboxylic acids is 5. The fourth-order valence-corrected chi connectivity index (χ4v) is 2.54. The Morgan fingerprint density at radius 3 is 1.78 bits per heavy atom. The summed E-state index contributed by atoms with van der Waals surface area (Å²) in [4.78, 5) is 57.8. The number of allylic oxidation sites excluding steroid dienone is 1. The van der Waals surface area contributed by atoms with Crippen LogP contribution >= 0.6 is 0 Å². The van der Waals surface area contributed by atoms with E-state index in [1.54, 1.807) is 6.07 Å². The summed E-state index contributed by atoms with van der Waals surface area (Å²) in [6.45, 7) is 4.78. The van der Waals surface area contributed by atoms with Crippen LogP contribution in [0, 0.1) is 0 Å². The van der Waals surface area contributed by atoms with Crippen LogP contribution < -0.4 is 18.9 Å². The van der Waals surface area contributed by atoms with Crippen LogP contribution in [0.5, 0.6) is 23.0 Å². The van der Waals surface area contributed by atoms with Gasteiger partial charge in [0.25, 0.3) is 0 Å². The monoisotopic (exact) mass is 440 g/mol. The Kier molecular flexibility index (Phi) is 8.00. The summed E-state index contributed by atoms with van der Waals surface area (Å²) in [7, 11) is 0. The molecule has 0 aliphatic carbocycles. The van der Waals surface area contributed by atoms with Crippen molar-refractivity contribution in [2.75, 3.05) is 0 Å². The molecule has 2 aromatic rings. The van der Waals surface area contributed by atoms with Gasteiger partial charge in [0.15, 0.2) is 17.3 Å². The lowest BCUT2D eigenvalue weighted by Crippen LogP contribution is -2.08. The van der Waals surface area contributed by atoms with Crippen LogP contribution in [0.2, 0.25) is 0 Å². The quantitative estimate of drug-likeness (QED) is 0.276. The summed E-state index contributed by atoms with van der Waals surface area (Å²) >= 11 is 0. The summed E-state index contributed by atoms with van der Waals surface area (Å²) in [5.74, 6) is -2.84. The van der Waals surface area contributed by atoms with Gasteiger partial charge in [-0.15, -0.1) is 0 Å². The van der Waals surface area contributed by atoms with E-state index in [1.807, 2.05) is 0 Å². The third kappa shape index (κ3) is 7.21. The van der Waals surface area contributed by atoms with Gasteiger partial charge in [0.1, 0.15) is 11.5 Å². The van der Waals surface area contributed by atoms with Gasteiger partial charge in [0.2, 0.25) is 0 Å². The second kappa shape index (κ2) is 10.7. The first-order valence-corrected chi connectivity index (χ1v) is 9.29. The van der Waals surface area contributed by atoms with Gasteiger partial charge in [-0.05, 0) is 35.9 Å². The highest BCUT2D eigenvalue weighted by Gasteiger charge is 2.15. The number of carbonyl (C=O) groups is 5. The molecule has 0 spiro atoms. The molecular formula is C23H20O9. The Bertz CT molecular complexity index is 1110. The maximum Gasteiger partial charge on any atom is 0.308 e. The zero-order valence-electron chi connectivity index (χ0n) is 17.8. The summed E-state index contributed by atoms with van der Waals surface area (Å²) in [6.07, 6.45) is 2.65. The van der Waals surface area contributed by atoms with Gasteiger partial charge < -0.3 is 18.9 Å². The molecule has 0 radical (unpaired) electrons. The first kappa shape index (κ1) is 24.0. The molecule has 0 N–H and O–H groups in total. The largest absolute Gasteiger partial charge is 0.427 e. The predicted molar refractivity (Wildman–Crippen MR) is 111 cm³/mol. The van der Waals surface area contributed by atoms with Crippen LogP contribution in [0.15, 0.2) is 42.5 Å². The van der Waals surface area contributed by atoms with E-state index >= 15 is 0 Å². The fraction of sp³-hybridized carbons (Fsp3) is 0.174. The zero-order valence-corrected chi connectivity index (χ0v) is 17.8. The molecule has 9 heteroatoms. The predicted octanol–water partition coefficient (Wildman–Crippen LogP) is 3.28. The van der Waals surface area contributed by atoms with E-state index < -0.39 is 29.7 Å². The van der Waals surface area contributed by atoms with E-state index in [2.05, 4.69) is 0 Å². The lowest BCUT2D eigenvalue weighted by atomic mass is 10.1. The number of hydrogen-bond donors (Lipinski definition) is 0. The number of ketones is 1. The van der Waals surface area contributed by atoms with E-state index in [9.17, 15) is 24.0 Å². The summed E-state index contributed by atoms with van der Waals surface area (Å²) in [5, 5.41) is 0. The molecule has 0 bridgehead atoms. The summed E-state index contributed by atoms with van der Waals surface area (Å²) in [6, 6.07) is 8.39. The topological polar surface area (TPSA) is 122 Å². The number of benzene rings is 2. The average molecular weight is 440 g/mol. The van der Waals surface area contributed by atoms with Crippen LogP contribution in [0.3, 0.4) is 0 Å². The highest BCUT2D eigenvalue weighted by Crippen LogP contribution is 2.30. The number of rotatable bonds is 7. The number of ether oxygens (including phenoxy) is 4. The van der Waals surface area contributed by atoms with E-state index in [-0.39, 0.29) is 28.6 Å². The molecule has 32 heavy (non-hydrogen) atoms. The number of hydrogen-bond acceptors (Lipinski definition) is 9. The molecule has 0 unspecified atom stereocenters. The van der Waals surface area contributed by atoms with Gasteiger partial charge in [0.05, 0.1) is 5.56 Å². The van der Waals surface area contributed by atoms with Crippen molar-refractivity contribution in [2.24, 2.45) is 0 Å². The summed E-state index contributed by atoms with van der Waals surface area (Å²) < 4.78 is 20.1. The normalized spacial score (nSPS) is 10.4. The lowest BCUT2D eigenvalue weighted by molar-refractivity contribution is -0.134. The van der Waals surface area contributed by atoms with Gasteiger partial charge >= 0.3 is 23.9 Å². The fourth-order valence-electron chi connectivity index (χ4n) is 2.54. The molecule has 9 nitrogen and oxygen atoms in total. The van der Waals surface area contributed by atoms with Gasteiger partial charge in [-0.3, -0.25) is 24.0 Å². The van der Waals surface area contributed by atoms with Crippen LogP contribution in [-0.2, 0) is 19.2 Å². The maximum absolute atomic E-state index is 12.7. The molecule has 0 aliphatic rings. The standard InChI is InChI=1S/C23H20O9/c1-13(24)29-18-7-8-19(22(12-18)31-15(3)26)20(28)9-5-17-6-10-21(30-14(2)25)23(11-17)32-16(4)27/h5-12H,1-4H3. The Labute approximate surface area is 183 Å². The highest BCUT2D eigenvalue weighted by molar-refractivity contribution is 6.09. The van der Waals surface area contributed by atoms with Crippen molar-refractivity contribution < 1.29 is 42.9 Å². The maximum atomic E-state index is 12.7. The lowest BCUT2D eigenvalue weighted by Gasteiger charge is -2.10. The van der Waals surface area contributed by atoms with E-state index in [4.69, 9.17) is 18.9 Å². The van der Waals surface area contributed by atoms with Crippen molar-refractivity contribution >= 4 is 35.7 Å². The molecule has 0 heterocycles. The van der Waals surface area contributed by atoms with Crippen LogP contribution in [0.4, 0.5) is 0 Å². The van der Waals surface area contributed by atoms with Crippen molar-refractivity contribution in [1.29, 1.82) is 0 Å². The van der Waals surface area contributed by atoms with Gasteiger partial charge in [-0.25, -0.2) is 0 Å². The molecule has 0 aliphatic heterocycles. The first-order chi connectivity index (χ1) is 15.0. The summed E-state index contributed by atoms with van der Waals surface area (Å²) in [5.41, 5.74) is 0.528. The SMILES string of the molecule is CC(=O)Oc1ccc(C(=O)C=Cc2ccc(OC(C)=O)c(OC(C)=O)c2)c(OC(C)=O)c1. The zero-order chi connectivity index (χ0) is 23.8. The van der Waals surface area contributed by atoms with Crippen molar-refractivity contribution in [3.63, 3.8) is 0 Å². The molecule has 0 saturated heterocycles. The van der Waals surface area contributed by atoms with Crippen LogP contribution in [0.1, 0.15) is 43.6 Å². The molecule has 2 aromatic carbocycles. The van der Waals surface area contributed by atoms with Crippen LogP contribution in [-0.4, -0.2) is 29.7 Å². The Balaban J connectivity index is 2.34. The van der Waals surface area contributed by atoms with E-state index in [1.165, 1.54) is 70.2 Å². The molecule has 166 valence electrons. The molecule has 0 amide bonds. The minimum absolute atomic E-state index is 0.00800. The third-order valence-corrected chi connectivity index (χ3v) is 3.64. The molecule has 0 saturated carbocycles. The molecule has 0 fully saturated rings. The van der Waals surface area contributed by atoms with E-state index in [0.29, 0.717) is 5.56 Å². The minimum atomic E-state index is -0.657. The van der Waals surface area contributed by atoms with Crippen molar-refractivity contribution in [2.45, 2.75) is 27.7 Å². The van der Waals surface area contributed by atoms with Gasteiger partial charge in [0, 0.05) is 33.8 Å². The molecule has 0 aromatic heterocycles. The third-order valence-electron chi connectivity index (χ3n) is 3.64. The average Bonchev–Trinajstić information content (AvgIpc) is 2.66. The highest BCUT2D eigenvalue weighted by atomic mass is 16.6. The Hall–Kier alpha value is -4.27. The van der Waals surface area contributed by atoms with Crippen LogP contribution in [0.25, 0.3) is 6.08 Å². The Morgan fingerprint density at radius 1 is 0.625 bits per heavy atom. The Morgan fingerprint density at radius 2 is 1.19 bits per heavy atom. The number of esters is 4. The molecular weight excluding hydrogens is 420 g/mol. The molecule has 2 rings (SSSR count). The van der Waals surface area contributed by atoms with Gasteiger partial charge in [-0.1, -0.05) is 12.1 Å².